The van der Waals surface area contributed by atoms with Gasteiger partial charge in [0.25, 0.3) is 0 Å². The molecule has 0 radical (unpaired) electrons. The molecule has 1 aliphatic carbocycles. The number of amides is 1. The maximum absolute atomic E-state index is 11.0. The van der Waals surface area contributed by atoms with E-state index in [2.05, 4.69) is 15.6 Å². The summed E-state index contributed by atoms with van der Waals surface area (Å²) in [5.41, 5.74) is 3.43. The van der Waals surface area contributed by atoms with Crippen molar-refractivity contribution in [3.63, 3.8) is 0 Å². The lowest BCUT2D eigenvalue weighted by Gasteiger charge is -2.21. The van der Waals surface area contributed by atoms with Crippen LogP contribution in [0.3, 0.4) is 0 Å². The number of hydrogen-bond donors (Lipinski definition) is 1. The number of hydrogen-bond acceptors (Lipinski definition) is 6. The van der Waals surface area contributed by atoms with Gasteiger partial charge in [-0.1, -0.05) is 19.3 Å². The van der Waals surface area contributed by atoms with Crippen LogP contribution in [0.5, 0.6) is 0 Å². The third-order valence-corrected chi connectivity index (χ3v) is 4.14. The van der Waals surface area contributed by atoms with Gasteiger partial charge in [0.05, 0.1) is 18.3 Å². The summed E-state index contributed by atoms with van der Waals surface area (Å²) in [6.07, 6.45) is 8.93. The molecule has 0 aliphatic heterocycles. The Morgan fingerprint density at radius 2 is 2.20 bits per heavy atom. The average Bonchev–Trinajstić information content (AvgIpc) is 3.22. The van der Waals surface area contributed by atoms with Crippen LogP contribution in [0.4, 0.5) is 5.88 Å². The lowest BCUT2D eigenvalue weighted by atomic mass is 9.96. The maximum atomic E-state index is 11.0. The summed E-state index contributed by atoms with van der Waals surface area (Å²) in [7, 11) is 0. The number of nitrogens with zero attached hydrogens (tertiary/aromatic N) is 4. The summed E-state index contributed by atoms with van der Waals surface area (Å²) in [6, 6.07) is 3.10. The van der Waals surface area contributed by atoms with Crippen molar-refractivity contribution in [1.82, 2.24) is 15.2 Å². The summed E-state index contributed by atoms with van der Waals surface area (Å²) in [4.78, 5) is 21.2. The first-order valence-corrected chi connectivity index (χ1v) is 8.18. The van der Waals surface area contributed by atoms with Gasteiger partial charge in [-0.15, -0.1) is 0 Å². The van der Waals surface area contributed by atoms with E-state index in [1.807, 2.05) is 10.9 Å². The molecule has 0 saturated heterocycles. The van der Waals surface area contributed by atoms with Crippen LogP contribution in [0, 0.1) is 10.1 Å². The van der Waals surface area contributed by atoms with E-state index < -0.39 is 4.92 Å². The van der Waals surface area contributed by atoms with Crippen LogP contribution < -0.4 is 5.43 Å². The monoisotopic (exact) mass is 345 g/mol. The molecule has 0 unspecified atom stereocenters. The standard InChI is InChI=1S/C16H19N5O4/c1-11(22)18-17-9-12-10-20(13-5-3-2-4-6-13)19-16(12)14-7-8-15(25-14)21(23)24/h7-10,13H,2-6H2,1H3,(H,18,22). The summed E-state index contributed by atoms with van der Waals surface area (Å²) in [5, 5.41) is 19.3. The third kappa shape index (κ3) is 3.93. The van der Waals surface area contributed by atoms with E-state index in [1.165, 1.54) is 31.7 Å². The number of nitrogens with one attached hydrogen (secondary N) is 1. The number of rotatable bonds is 5. The molecule has 1 aliphatic rings. The van der Waals surface area contributed by atoms with Crippen LogP contribution in [0.1, 0.15) is 50.6 Å². The fourth-order valence-electron chi connectivity index (χ4n) is 2.97. The first-order chi connectivity index (χ1) is 12.0. The van der Waals surface area contributed by atoms with E-state index in [-0.39, 0.29) is 11.8 Å². The largest absolute Gasteiger partial charge is 0.433 e. The molecule has 2 heterocycles. The lowest BCUT2D eigenvalue weighted by Crippen LogP contribution is -2.13. The minimum atomic E-state index is -0.591. The summed E-state index contributed by atoms with van der Waals surface area (Å²) in [6.45, 7) is 1.36. The molecule has 9 heteroatoms. The predicted molar refractivity (Wildman–Crippen MR) is 90.1 cm³/mol. The Hall–Kier alpha value is -2.97. The van der Waals surface area contributed by atoms with Crippen molar-refractivity contribution in [2.75, 3.05) is 0 Å². The highest BCUT2D eigenvalue weighted by Gasteiger charge is 2.22. The Kier molecular flexibility index (Phi) is 4.92. The summed E-state index contributed by atoms with van der Waals surface area (Å²) >= 11 is 0. The molecule has 0 spiro atoms. The van der Waals surface area contributed by atoms with Crippen LogP contribution in [0.25, 0.3) is 11.5 Å². The molecule has 0 aromatic carbocycles. The molecule has 1 fully saturated rings. The zero-order valence-electron chi connectivity index (χ0n) is 13.8. The second kappa shape index (κ2) is 7.29. The fourth-order valence-corrected chi connectivity index (χ4v) is 2.97. The zero-order valence-corrected chi connectivity index (χ0v) is 13.8. The van der Waals surface area contributed by atoms with Crippen molar-refractivity contribution in [3.05, 3.63) is 34.0 Å². The number of furan rings is 1. The van der Waals surface area contributed by atoms with Crippen LogP contribution in [-0.4, -0.2) is 26.8 Å². The zero-order chi connectivity index (χ0) is 17.8. The van der Waals surface area contributed by atoms with E-state index in [1.54, 1.807) is 0 Å². The van der Waals surface area contributed by atoms with Crippen molar-refractivity contribution in [2.24, 2.45) is 5.10 Å². The Labute approximate surface area is 143 Å². The first kappa shape index (κ1) is 16.9. The predicted octanol–water partition coefficient (Wildman–Crippen LogP) is 3.03. The molecule has 3 rings (SSSR count). The Bertz CT molecular complexity index is 801. The van der Waals surface area contributed by atoms with Gasteiger partial charge in [0.15, 0.2) is 5.76 Å². The number of carbonyl (C=O) groups is 1. The molecule has 1 saturated carbocycles. The second-order valence-corrected chi connectivity index (χ2v) is 6.03. The topological polar surface area (TPSA) is 116 Å². The van der Waals surface area contributed by atoms with Gasteiger partial charge in [-0.05, 0) is 18.9 Å². The van der Waals surface area contributed by atoms with Crippen molar-refractivity contribution >= 4 is 18.0 Å². The Morgan fingerprint density at radius 1 is 1.44 bits per heavy atom. The van der Waals surface area contributed by atoms with Crippen molar-refractivity contribution < 1.29 is 14.1 Å². The van der Waals surface area contributed by atoms with E-state index in [4.69, 9.17) is 4.42 Å². The number of hydrazone groups is 1. The molecular formula is C16H19N5O4. The van der Waals surface area contributed by atoms with Gasteiger partial charge in [-0.2, -0.15) is 10.2 Å². The van der Waals surface area contributed by atoms with Gasteiger partial charge in [0.2, 0.25) is 5.91 Å². The Balaban J connectivity index is 1.94. The highest BCUT2D eigenvalue weighted by Crippen LogP contribution is 2.31. The van der Waals surface area contributed by atoms with Crippen LogP contribution >= 0.6 is 0 Å². The smallest absolute Gasteiger partial charge is 0.399 e. The van der Waals surface area contributed by atoms with Crippen LogP contribution in [-0.2, 0) is 4.79 Å². The number of nitro groups is 1. The first-order valence-electron chi connectivity index (χ1n) is 8.18. The number of aromatic nitrogens is 2. The van der Waals surface area contributed by atoms with E-state index in [0.717, 1.165) is 25.7 Å². The van der Waals surface area contributed by atoms with Crippen molar-refractivity contribution in [3.8, 4) is 11.5 Å². The highest BCUT2D eigenvalue weighted by atomic mass is 16.6. The normalized spacial score (nSPS) is 15.6. The van der Waals surface area contributed by atoms with E-state index >= 15 is 0 Å². The molecule has 2 aromatic heterocycles. The lowest BCUT2D eigenvalue weighted by molar-refractivity contribution is -0.401. The van der Waals surface area contributed by atoms with Crippen LogP contribution in [0.15, 0.2) is 27.8 Å². The number of carbonyl (C=O) groups excluding carboxylic acids is 1. The molecule has 132 valence electrons. The maximum Gasteiger partial charge on any atom is 0.433 e. The van der Waals surface area contributed by atoms with Gasteiger partial charge in [0, 0.05) is 18.7 Å². The highest BCUT2D eigenvalue weighted by molar-refractivity contribution is 5.88. The molecule has 0 atom stereocenters. The fraction of sp³-hybridized carbons (Fsp3) is 0.438. The van der Waals surface area contributed by atoms with E-state index in [9.17, 15) is 14.9 Å². The van der Waals surface area contributed by atoms with Gasteiger partial charge >= 0.3 is 5.88 Å². The minimum absolute atomic E-state index is 0.286. The molecule has 0 bridgehead atoms. The van der Waals surface area contributed by atoms with Gasteiger partial charge in [-0.3, -0.25) is 19.6 Å². The molecule has 9 nitrogen and oxygen atoms in total. The van der Waals surface area contributed by atoms with Gasteiger partial charge in [-0.25, -0.2) is 5.43 Å². The average molecular weight is 345 g/mol. The van der Waals surface area contributed by atoms with E-state index in [0.29, 0.717) is 23.1 Å². The molecule has 1 amide bonds. The molecule has 25 heavy (non-hydrogen) atoms. The molecule has 1 N–H and O–H groups in total. The van der Waals surface area contributed by atoms with Gasteiger partial charge in [0.1, 0.15) is 10.6 Å². The van der Waals surface area contributed by atoms with Crippen molar-refractivity contribution in [2.45, 2.75) is 45.1 Å². The van der Waals surface area contributed by atoms with Crippen LogP contribution in [0.2, 0.25) is 0 Å². The summed E-state index contributed by atoms with van der Waals surface area (Å²) in [5.74, 6) is -0.330. The SMILES string of the molecule is CC(=O)NN=Cc1cn(C2CCCCC2)nc1-c1ccc([N+](=O)[O-])o1. The third-order valence-electron chi connectivity index (χ3n) is 4.14. The quantitative estimate of drug-likeness (QED) is 0.508. The summed E-state index contributed by atoms with van der Waals surface area (Å²) < 4.78 is 7.15. The van der Waals surface area contributed by atoms with Crippen molar-refractivity contribution in [1.29, 1.82) is 0 Å². The second-order valence-electron chi connectivity index (χ2n) is 6.03. The molecule has 2 aromatic rings. The molecular weight excluding hydrogens is 326 g/mol. The Morgan fingerprint density at radius 3 is 2.84 bits per heavy atom. The van der Waals surface area contributed by atoms with Gasteiger partial charge < -0.3 is 4.42 Å². The minimum Gasteiger partial charge on any atom is -0.399 e.